The summed E-state index contributed by atoms with van der Waals surface area (Å²) in [4.78, 5) is 13.2. The molecule has 0 radical (unpaired) electrons. The number of amides is 1. The minimum absolute atomic E-state index is 0.0254. The molecule has 0 aliphatic rings. The number of hydrogen-bond acceptors (Lipinski definition) is 2. The lowest BCUT2D eigenvalue weighted by Gasteiger charge is -2.09. The lowest BCUT2D eigenvalue weighted by molar-refractivity contribution is -0.872. The van der Waals surface area contributed by atoms with E-state index in [4.69, 9.17) is 16.3 Å². The number of carbonyl (C=O) groups is 1. The largest absolute Gasteiger partial charge is 0.484 e. The molecule has 0 bridgehead atoms. The van der Waals surface area contributed by atoms with Gasteiger partial charge in [0, 0.05) is 17.1 Å². The molecular weight excluding hydrogens is 312 g/mol. The zero-order valence-corrected chi connectivity index (χ0v) is 14.2. The fourth-order valence-corrected chi connectivity index (χ4v) is 2.32. The third-order valence-electron chi connectivity index (χ3n) is 3.24. The van der Waals surface area contributed by atoms with Crippen LogP contribution in [0, 0.1) is 0 Å². The van der Waals surface area contributed by atoms with Crippen molar-refractivity contribution < 1.29 is 14.4 Å². The second-order valence-corrected chi connectivity index (χ2v) is 6.16. The molecule has 4 nitrogen and oxygen atoms in total. The number of quaternary nitrogens is 1. The highest BCUT2D eigenvalue weighted by Crippen LogP contribution is 2.16. The van der Waals surface area contributed by atoms with Crippen LogP contribution in [0.15, 0.2) is 48.5 Å². The predicted molar refractivity (Wildman–Crippen MR) is 91.8 cm³/mol. The van der Waals surface area contributed by atoms with Crippen molar-refractivity contribution >= 4 is 17.5 Å². The number of rotatable bonds is 7. The van der Waals surface area contributed by atoms with Gasteiger partial charge in [-0.25, -0.2) is 0 Å². The van der Waals surface area contributed by atoms with Crippen molar-refractivity contribution in [3.63, 3.8) is 0 Å². The van der Waals surface area contributed by atoms with E-state index in [-0.39, 0.29) is 12.5 Å². The Labute approximate surface area is 142 Å². The number of carbonyl (C=O) groups excluding carboxylic acids is 1. The molecule has 0 heterocycles. The Kier molecular flexibility index (Phi) is 6.44. The van der Waals surface area contributed by atoms with Gasteiger partial charge in [0.05, 0.1) is 14.1 Å². The molecule has 0 saturated carbocycles. The molecule has 1 amide bonds. The predicted octanol–water partition coefficient (Wildman–Crippen LogP) is 1.68. The first kappa shape index (κ1) is 17.3. The summed E-state index contributed by atoms with van der Waals surface area (Å²) < 4.78 is 5.40. The van der Waals surface area contributed by atoms with Gasteiger partial charge in [-0.15, -0.1) is 0 Å². The highest BCUT2D eigenvalue weighted by Gasteiger charge is 2.04. The summed E-state index contributed by atoms with van der Waals surface area (Å²) in [5.41, 5.74) is 2.35. The Morgan fingerprint density at radius 3 is 2.48 bits per heavy atom. The SMILES string of the molecule is C[NH+](C)Cc1ccc(CNC(=O)COc2cccc(Cl)c2)cc1. The summed E-state index contributed by atoms with van der Waals surface area (Å²) in [6.45, 7) is 1.45. The topological polar surface area (TPSA) is 42.8 Å². The minimum atomic E-state index is -0.160. The smallest absolute Gasteiger partial charge is 0.258 e. The first-order chi connectivity index (χ1) is 11.0. The summed E-state index contributed by atoms with van der Waals surface area (Å²) >= 11 is 5.86. The van der Waals surface area contributed by atoms with E-state index in [9.17, 15) is 4.79 Å². The number of ether oxygens (including phenoxy) is 1. The lowest BCUT2D eigenvalue weighted by Crippen LogP contribution is -3.04. The van der Waals surface area contributed by atoms with Crippen LogP contribution in [-0.4, -0.2) is 26.6 Å². The third kappa shape index (κ3) is 6.30. The average Bonchev–Trinajstić information content (AvgIpc) is 2.52. The summed E-state index contributed by atoms with van der Waals surface area (Å²) in [6.07, 6.45) is 0. The Balaban J connectivity index is 1.75. The Bertz CT molecular complexity index is 642. The highest BCUT2D eigenvalue weighted by atomic mass is 35.5. The Morgan fingerprint density at radius 2 is 1.83 bits per heavy atom. The van der Waals surface area contributed by atoms with Crippen LogP contribution in [0.3, 0.4) is 0 Å². The molecule has 0 aliphatic carbocycles. The zero-order chi connectivity index (χ0) is 16.7. The van der Waals surface area contributed by atoms with E-state index < -0.39 is 0 Å². The van der Waals surface area contributed by atoms with Crippen LogP contribution in [-0.2, 0) is 17.9 Å². The molecule has 2 aromatic rings. The van der Waals surface area contributed by atoms with E-state index in [1.807, 2.05) is 12.1 Å². The maximum Gasteiger partial charge on any atom is 0.258 e. The minimum Gasteiger partial charge on any atom is -0.484 e. The van der Waals surface area contributed by atoms with E-state index in [1.165, 1.54) is 10.5 Å². The van der Waals surface area contributed by atoms with Gasteiger partial charge in [0.25, 0.3) is 5.91 Å². The molecule has 0 spiro atoms. The quantitative estimate of drug-likeness (QED) is 0.809. The number of nitrogens with one attached hydrogen (secondary N) is 2. The van der Waals surface area contributed by atoms with E-state index >= 15 is 0 Å². The standard InChI is InChI=1S/C18H21ClN2O2/c1-21(2)12-15-8-6-14(7-9-15)11-20-18(22)13-23-17-5-3-4-16(19)10-17/h3-10H,11-13H2,1-2H3,(H,20,22)/p+1. The number of benzene rings is 2. The molecule has 2 aromatic carbocycles. The fraction of sp³-hybridized carbons (Fsp3) is 0.278. The van der Waals surface area contributed by atoms with Gasteiger partial charge in [-0.05, 0) is 23.8 Å². The molecule has 0 saturated heterocycles. The molecule has 0 atom stereocenters. The van der Waals surface area contributed by atoms with Crippen LogP contribution in [0.4, 0.5) is 0 Å². The molecule has 2 rings (SSSR count). The molecule has 2 N–H and O–H groups in total. The second-order valence-electron chi connectivity index (χ2n) is 5.72. The van der Waals surface area contributed by atoms with E-state index in [0.29, 0.717) is 17.3 Å². The highest BCUT2D eigenvalue weighted by molar-refractivity contribution is 6.30. The van der Waals surface area contributed by atoms with Crippen molar-refractivity contribution in [2.75, 3.05) is 20.7 Å². The summed E-state index contributed by atoms with van der Waals surface area (Å²) in [6, 6.07) is 15.3. The Hall–Kier alpha value is -2.04. The van der Waals surface area contributed by atoms with Gasteiger partial charge in [0.2, 0.25) is 0 Å². The van der Waals surface area contributed by atoms with Gasteiger partial charge in [-0.1, -0.05) is 41.9 Å². The van der Waals surface area contributed by atoms with Crippen molar-refractivity contribution in [3.8, 4) is 5.75 Å². The van der Waals surface area contributed by atoms with Gasteiger partial charge >= 0.3 is 0 Å². The summed E-state index contributed by atoms with van der Waals surface area (Å²) in [7, 11) is 4.24. The lowest BCUT2D eigenvalue weighted by atomic mass is 10.1. The van der Waals surface area contributed by atoms with Crippen LogP contribution in [0.25, 0.3) is 0 Å². The van der Waals surface area contributed by atoms with Gasteiger partial charge in [0.15, 0.2) is 6.61 Å². The molecule has 5 heteroatoms. The van der Waals surface area contributed by atoms with Crippen molar-refractivity contribution in [1.29, 1.82) is 0 Å². The van der Waals surface area contributed by atoms with Gasteiger partial charge in [-0.2, -0.15) is 0 Å². The molecule has 0 fully saturated rings. The van der Waals surface area contributed by atoms with Crippen LogP contribution in [0.5, 0.6) is 5.75 Å². The van der Waals surface area contributed by atoms with Crippen LogP contribution in [0.1, 0.15) is 11.1 Å². The number of halogens is 1. The second kappa shape index (κ2) is 8.56. The van der Waals surface area contributed by atoms with Crippen LogP contribution in [0.2, 0.25) is 5.02 Å². The number of hydrogen-bond donors (Lipinski definition) is 2. The maximum absolute atomic E-state index is 11.8. The Morgan fingerprint density at radius 1 is 1.13 bits per heavy atom. The van der Waals surface area contributed by atoms with Crippen LogP contribution >= 0.6 is 11.6 Å². The molecule has 122 valence electrons. The van der Waals surface area contributed by atoms with E-state index in [2.05, 4.69) is 31.5 Å². The van der Waals surface area contributed by atoms with E-state index in [1.54, 1.807) is 24.3 Å². The van der Waals surface area contributed by atoms with Crippen molar-refractivity contribution in [1.82, 2.24) is 5.32 Å². The van der Waals surface area contributed by atoms with Gasteiger partial charge in [-0.3, -0.25) is 4.79 Å². The molecular formula is C18H22ClN2O2+. The van der Waals surface area contributed by atoms with Gasteiger partial charge in [0.1, 0.15) is 12.3 Å². The van der Waals surface area contributed by atoms with Crippen LogP contribution < -0.4 is 15.0 Å². The fourth-order valence-electron chi connectivity index (χ4n) is 2.14. The van der Waals surface area contributed by atoms with Gasteiger partial charge < -0.3 is 15.0 Å². The molecule has 0 aromatic heterocycles. The third-order valence-corrected chi connectivity index (χ3v) is 3.47. The summed E-state index contributed by atoms with van der Waals surface area (Å²) in [5, 5.41) is 3.43. The monoisotopic (exact) mass is 333 g/mol. The van der Waals surface area contributed by atoms with Crippen molar-refractivity contribution in [2.24, 2.45) is 0 Å². The van der Waals surface area contributed by atoms with E-state index in [0.717, 1.165) is 12.1 Å². The molecule has 0 unspecified atom stereocenters. The maximum atomic E-state index is 11.8. The van der Waals surface area contributed by atoms with Crippen molar-refractivity contribution in [2.45, 2.75) is 13.1 Å². The summed E-state index contributed by atoms with van der Waals surface area (Å²) in [5.74, 6) is 0.426. The average molecular weight is 334 g/mol. The first-order valence-corrected chi connectivity index (χ1v) is 7.92. The normalized spacial score (nSPS) is 10.6. The van der Waals surface area contributed by atoms with Crippen molar-refractivity contribution in [3.05, 3.63) is 64.7 Å². The zero-order valence-electron chi connectivity index (χ0n) is 13.4. The molecule has 0 aliphatic heterocycles. The first-order valence-electron chi connectivity index (χ1n) is 7.55. The molecule has 23 heavy (non-hydrogen) atoms.